The minimum absolute atomic E-state index is 0.252. The molecule has 10 heteroatoms. The largest absolute Gasteiger partial charge is 0.480 e. The number of benzene rings is 2. The number of aromatic nitrogens is 1. The second kappa shape index (κ2) is 10.2. The van der Waals surface area contributed by atoms with Crippen LogP contribution in [-0.2, 0) is 20.8 Å². The van der Waals surface area contributed by atoms with Gasteiger partial charge in [0.05, 0.1) is 12.1 Å². The molecule has 0 spiro atoms. The van der Waals surface area contributed by atoms with Crippen LogP contribution in [0.2, 0.25) is 0 Å². The number of fused-ring (bicyclic) bond motifs is 7. The maximum Gasteiger partial charge on any atom is 0.328 e. The Balaban J connectivity index is 1.51. The molecule has 0 aliphatic carbocycles. The fourth-order valence-corrected chi connectivity index (χ4v) is 5.72. The predicted octanol–water partition coefficient (Wildman–Crippen LogP) is 2.12. The molecule has 3 aromatic rings. The van der Waals surface area contributed by atoms with Gasteiger partial charge in [0.25, 0.3) is 5.91 Å². The summed E-state index contributed by atoms with van der Waals surface area (Å²) in [4.78, 5) is 57.4. The highest BCUT2D eigenvalue weighted by molar-refractivity contribution is 6.04. The van der Waals surface area contributed by atoms with Crippen molar-refractivity contribution in [2.45, 2.75) is 63.9 Å². The molecule has 5 N–H and O–H groups in total. The van der Waals surface area contributed by atoms with Crippen molar-refractivity contribution in [3.63, 3.8) is 0 Å². The lowest BCUT2D eigenvalue weighted by Crippen LogP contribution is -2.60. The maximum absolute atomic E-state index is 13.9. The number of carboxylic acids is 1. The van der Waals surface area contributed by atoms with Gasteiger partial charge in [0.15, 0.2) is 6.04 Å². The number of H-pyrrole nitrogens is 1. The number of para-hydroxylation sites is 1. The van der Waals surface area contributed by atoms with Crippen LogP contribution in [0.25, 0.3) is 10.9 Å². The molecular formula is C29H32N4O6. The number of carbonyl (C=O) groups is 4. The van der Waals surface area contributed by atoms with E-state index in [4.69, 9.17) is 0 Å². The van der Waals surface area contributed by atoms with E-state index in [1.807, 2.05) is 43.3 Å². The lowest BCUT2D eigenvalue weighted by molar-refractivity contribution is -0.145. The van der Waals surface area contributed by atoms with Crippen LogP contribution in [0, 0.1) is 5.92 Å². The third kappa shape index (κ3) is 4.44. The molecule has 5 rings (SSSR count). The molecule has 0 radical (unpaired) electrons. The summed E-state index contributed by atoms with van der Waals surface area (Å²) in [7, 11) is 0. The van der Waals surface area contributed by atoms with Crippen molar-refractivity contribution < 1.29 is 29.4 Å². The zero-order chi connectivity index (χ0) is 28.0. The monoisotopic (exact) mass is 532 g/mol. The standard InChI is InChI=1S/C29H32N4O6/c1-4-14(2)22(27(36)32-23(15(3)34)29(38)39)31-26(35)21-13-19-16-9-7-8-12-20(16)30-24(19)25-17-10-5-6-11-18(17)28(37)33(21)25/h5-12,14-15,21-23,25,30,34H,4,13H2,1-3H3,(H,31,35)(H,32,36)(H,38,39)/t14-,15+,21+,22+,23+,25-/m1/s1. The van der Waals surface area contributed by atoms with E-state index in [9.17, 15) is 29.4 Å². The van der Waals surface area contributed by atoms with Crippen LogP contribution in [-0.4, -0.2) is 68.0 Å². The number of nitrogens with zero attached hydrogens (tertiary/aromatic N) is 1. The lowest BCUT2D eigenvalue weighted by atomic mass is 9.89. The number of aliphatic hydroxyl groups is 1. The number of hydrogen-bond acceptors (Lipinski definition) is 5. The van der Waals surface area contributed by atoms with Crippen molar-refractivity contribution in [1.82, 2.24) is 20.5 Å². The fourth-order valence-electron chi connectivity index (χ4n) is 5.72. The maximum atomic E-state index is 13.9. The second-order valence-corrected chi connectivity index (χ2v) is 10.4. The van der Waals surface area contributed by atoms with E-state index in [1.165, 1.54) is 6.92 Å². The van der Waals surface area contributed by atoms with Crippen LogP contribution in [0.15, 0.2) is 48.5 Å². The number of aromatic amines is 1. The first kappa shape index (κ1) is 26.4. The molecule has 1 aromatic heterocycles. The van der Waals surface area contributed by atoms with Crippen LogP contribution in [0.4, 0.5) is 0 Å². The quantitative estimate of drug-likeness (QED) is 0.300. The first-order chi connectivity index (χ1) is 18.6. The average molecular weight is 533 g/mol. The second-order valence-electron chi connectivity index (χ2n) is 10.4. The summed E-state index contributed by atoms with van der Waals surface area (Å²) in [6, 6.07) is 11.1. The van der Waals surface area contributed by atoms with Gasteiger partial charge < -0.3 is 30.7 Å². The van der Waals surface area contributed by atoms with Crippen LogP contribution in [0.1, 0.15) is 60.4 Å². The molecule has 10 nitrogen and oxygen atoms in total. The number of aliphatic hydroxyl groups excluding tert-OH is 1. The summed E-state index contributed by atoms with van der Waals surface area (Å²) < 4.78 is 0. The fraction of sp³-hybridized carbons (Fsp3) is 0.379. The zero-order valence-corrected chi connectivity index (χ0v) is 22.0. The van der Waals surface area contributed by atoms with Gasteiger partial charge in [-0.15, -0.1) is 0 Å². The van der Waals surface area contributed by atoms with E-state index < -0.39 is 48.1 Å². The molecule has 0 fully saturated rings. The Bertz CT molecular complexity index is 1460. The van der Waals surface area contributed by atoms with E-state index in [-0.39, 0.29) is 18.2 Å². The Morgan fingerprint density at radius 2 is 1.74 bits per heavy atom. The minimum Gasteiger partial charge on any atom is -0.480 e. The normalized spacial score (nSPS) is 20.8. The van der Waals surface area contributed by atoms with Crippen molar-refractivity contribution in [1.29, 1.82) is 0 Å². The molecule has 0 saturated carbocycles. The molecule has 2 aromatic carbocycles. The summed E-state index contributed by atoms with van der Waals surface area (Å²) in [6.45, 7) is 4.91. The SMILES string of the molecule is CC[C@@H](C)[C@H](NC(=O)[C@@H]1Cc2c([nH]c3ccccc23)[C@H]2c3ccccc3C(=O)N21)C(=O)N[C@H](C(=O)O)[C@H](C)O. The first-order valence-corrected chi connectivity index (χ1v) is 13.2. The zero-order valence-electron chi connectivity index (χ0n) is 22.0. The average Bonchev–Trinajstić information content (AvgIpc) is 3.44. The molecular weight excluding hydrogens is 500 g/mol. The topological polar surface area (TPSA) is 152 Å². The molecule has 2 aliphatic heterocycles. The summed E-state index contributed by atoms with van der Waals surface area (Å²) in [5.41, 5.74) is 4.07. The number of aliphatic carboxylic acids is 1. The minimum atomic E-state index is -1.52. The smallest absolute Gasteiger partial charge is 0.328 e. The number of carboxylic acid groups (broad SMARTS) is 1. The highest BCUT2D eigenvalue weighted by Crippen LogP contribution is 2.46. The lowest BCUT2D eigenvalue weighted by Gasteiger charge is -2.38. The van der Waals surface area contributed by atoms with Gasteiger partial charge in [0.2, 0.25) is 11.8 Å². The number of nitrogens with one attached hydrogen (secondary N) is 3. The summed E-state index contributed by atoms with van der Waals surface area (Å²) in [5, 5.41) is 25.4. The van der Waals surface area contributed by atoms with Gasteiger partial charge in [-0.25, -0.2) is 4.79 Å². The molecule has 0 saturated heterocycles. The van der Waals surface area contributed by atoms with E-state index in [0.29, 0.717) is 12.0 Å². The number of rotatable bonds is 8. The highest BCUT2D eigenvalue weighted by Gasteiger charge is 2.49. The van der Waals surface area contributed by atoms with Crippen LogP contribution < -0.4 is 10.6 Å². The molecule has 39 heavy (non-hydrogen) atoms. The van der Waals surface area contributed by atoms with Gasteiger partial charge in [0, 0.05) is 28.6 Å². The van der Waals surface area contributed by atoms with E-state index in [0.717, 1.165) is 27.7 Å². The Morgan fingerprint density at radius 3 is 2.44 bits per heavy atom. The van der Waals surface area contributed by atoms with Crippen molar-refractivity contribution >= 4 is 34.6 Å². The van der Waals surface area contributed by atoms with Gasteiger partial charge in [-0.3, -0.25) is 14.4 Å². The number of amides is 3. The van der Waals surface area contributed by atoms with Crippen molar-refractivity contribution in [2.24, 2.45) is 5.92 Å². The molecule has 204 valence electrons. The van der Waals surface area contributed by atoms with Crippen molar-refractivity contribution in [3.05, 3.63) is 70.9 Å². The molecule has 6 atom stereocenters. The first-order valence-electron chi connectivity index (χ1n) is 13.2. The molecule has 3 amide bonds. The Labute approximate surface area is 225 Å². The Morgan fingerprint density at radius 1 is 1.05 bits per heavy atom. The van der Waals surface area contributed by atoms with Gasteiger partial charge in [-0.2, -0.15) is 0 Å². The Kier molecular flexibility index (Phi) is 6.90. The van der Waals surface area contributed by atoms with E-state index in [2.05, 4.69) is 15.6 Å². The van der Waals surface area contributed by atoms with Gasteiger partial charge in [0.1, 0.15) is 12.1 Å². The van der Waals surface area contributed by atoms with Crippen molar-refractivity contribution in [2.75, 3.05) is 0 Å². The highest BCUT2D eigenvalue weighted by atomic mass is 16.4. The van der Waals surface area contributed by atoms with E-state index in [1.54, 1.807) is 24.0 Å². The number of carbonyl (C=O) groups excluding carboxylic acids is 3. The molecule has 0 bridgehead atoms. The van der Waals surface area contributed by atoms with Crippen LogP contribution in [0.5, 0.6) is 0 Å². The van der Waals surface area contributed by atoms with E-state index >= 15 is 0 Å². The van der Waals surface area contributed by atoms with Crippen molar-refractivity contribution in [3.8, 4) is 0 Å². The third-order valence-electron chi connectivity index (χ3n) is 7.99. The third-order valence-corrected chi connectivity index (χ3v) is 7.99. The van der Waals surface area contributed by atoms with Gasteiger partial charge in [-0.1, -0.05) is 56.7 Å². The van der Waals surface area contributed by atoms with Gasteiger partial charge >= 0.3 is 5.97 Å². The predicted molar refractivity (Wildman–Crippen MR) is 143 cm³/mol. The summed E-state index contributed by atoms with van der Waals surface area (Å²) in [6.07, 6.45) is -0.555. The van der Waals surface area contributed by atoms with Crippen LogP contribution in [0.3, 0.4) is 0 Å². The Hall–Kier alpha value is -4.18. The molecule has 2 aliphatic rings. The summed E-state index contributed by atoms with van der Waals surface area (Å²) in [5.74, 6) is -3.19. The van der Waals surface area contributed by atoms with Gasteiger partial charge in [-0.05, 0) is 36.1 Å². The molecule has 0 unspecified atom stereocenters. The molecule has 3 heterocycles. The summed E-state index contributed by atoms with van der Waals surface area (Å²) >= 11 is 0. The van der Waals surface area contributed by atoms with Crippen LogP contribution >= 0.6 is 0 Å². The number of hydrogen-bond donors (Lipinski definition) is 5.